The number of hydrogen-bond acceptors (Lipinski definition) is 5. The van der Waals surface area contributed by atoms with Gasteiger partial charge in [-0.2, -0.15) is 0 Å². The maximum absolute atomic E-state index is 10.9. The minimum Gasteiger partial charge on any atom is -0.464 e. The highest BCUT2D eigenvalue weighted by Crippen LogP contribution is 1.94. The molecule has 0 aliphatic heterocycles. The number of carbonyl (C=O) groups is 1. The number of nitrogens with zero attached hydrogens (tertiary/aromatic N) is 1. The Morgan fingerprint density at radius 3 is 2.77 bits per heavy atom. The molecule has 1 aromatic rings. The van der Waals surface area contributed by atoms with Gasteiger partial charge in [0.25, 0.3) is 0 Å². The maximum atomic E-state index is 10.9. The highest BCUT2D eigenvalue weighted by atomic mass is 16.5. The minimum atomic E-state index is -1.68. The van der Waals surface area contributed by atoms with Crippen LogP contribution in [0.3, 0.4) is 0 Å². The summed E-state index contributed by atoms with van der Waals surface area (Å²) in [6, 6.07) is 4.32. The molecule has 0 saturated heterocycles. The number of carbonyl (C=O) groups excluding carboxylic acids is 1. The molecule has 0 unspecified atom stereocenters. The first-order valence-corrected chi connectivity index (χ1v) is 3.56. The first-order chi connectivity index (χ1) is 6.15. The fraction of sp³-hybridized carbons (Fsp3) is 0.143. The second kappa shape index (κ2) is 4.02. The number of methoxy groups -OCH3 is 1. The summed E-state index contributed by atoms with van der Waals surface area (Å²) in [4.78, 5) is 14.6. The predicted octanol–water partition coefficient (Wildman–Crippen LogP) is -1.45. The van der Waals surface area contributed by atoms with Crippen LogP contribution >= 0.6 is 0 Å². The lowest BCUT2D eigenvalue weighted by Crippen LogP contribution is -2.33. The summed E-state index contributed by atoms with van der Waals surface area (Å²) in [6.45, 7) is 0. The van der Waals surface area contributed by atoms with E-state index >= 15 is 0 Å². The topological polar surface area (TPSA) is 79.7 Å². The Hall–Kier alpha value is -1.40. The largest absolute Gasteiger partial charge is 0.508 e. The Kier molecular flexibility index (Phi) is 3.00. The van der Waals surface area contributed by atoms with Crippen LogP contribution in [-0.2, 0) is 4.74 Å². The van der Waals surface area contributed by atoms with Crippen molar-refractivity contribution < 1.29 is 19.6 Å². The molecular formula is C7H8BNO4. The molecule has 1 aromatic heterocycles. The Balaban J connectivity index is 2.98. The molecule has 0 saturated carbocycles. The van der Waals surface area contributed by atoms with Gasteiger partial charge >= 0.3 is 13.1 Å². The number of ether oxygens (including phenoxy) is 1. The number of esters is 1. The van der Waals surface area contributed by atoms with Crippen molar-refractivity contribution in [2.45, 2.75) is 0 Å². The summed E-state index contributed by atoms with van der Waals surface area (Å²) < 4.78 is 4.41. The summed E-state index contributed by atoms with van der Waals surface area (Å²) in [7, 11) is -0.448. The molecule has 0 fully saturated rings. The smallest absolute Gasteiger partial charge is 0.464 e. The number of pyridine rings is 1. The van der Waals surface area contributed by atoms with Crippen molar-refractivity contribution in [3.05, 3.63) is 23.9 Å². The Morgan fingerprint density at radius 2 is 2.23 bits per heavy atom. The standard InChI is InChI=1S/C7H8BNO4/c1-13-7(10)5-3-2-4-6(9-5)8(11)12/h2-4,11-12H,1H3. The Morgan fingerprint density at radius 1 is 1.54 bits per heavy atom. The minimum absolute atomic E-state index is 0.0166. The van der Waals surface area contributed by atoms with Crippen LogP contribution in [0, 0.1) is 0 Å². The predicted molar refractivity (Wildman–Crippen MR) is 45.4 cm³/mol. The van der Waals surface area contributed by atoms with Gasteiger partial charge in [-0.1, -0.05) is 6.07 Å². The fourth-order valence-corrected chi connectivity index (χ4v) is 0.814. The molecule has 0 aliphatic rings. The molecule has 0 atom stereocenters. The van der Waals surface area contributed by atoms with Gasteiger partial charge in [-0.15, -0.1) is 0 Å². The van der Waals surface area contributed by atoms with E-state index < -0.39 is 13.1 Å². The van der Waals surface area contributed by atoms with Crippen LogP contribution in [0.1, 0.15) is 10.5 Å². The molecule has 5 nitrogen and oxygen atoms in total. The van der Waals surface area contributed by atoms with E-state index in [0.717, 1.165) is 0 Å². The highest BCUT2D eigenvalue weighted by molar-refractivity contribution is 6.57. The third-order valence-corrected chi connectivity index (χ3v) is 1.43. The van der Waals surface area contributed by atoms with E-state index in [-0.39, 0.29) is 11.3 Å². The van der Waals surface area contributed by atoms with Crippen molar-refractivity contribution in [1.82, 2.24) is 4.98 Å². The zero-order valence-corrected chi connectivity index (χ0v) is 6.97. The molecule has 6 heteroatoms. The van der Waals surface area contributed by atoms with E-state index in [2.05, 4.69) is 9.72 Å². The summed E-state index contributed by atoms with van der Waals surface area (Å²) in [5.41, 5.74) is 0.0657. The van der Waals surface area contributed by atoms with Gasteiger partial charge in [-0.05, 0) is 12.1 Å². The van der Waals surface area contributed by atoms with Crippen LogP contribution in [0.15, 0.2) is 18.2 Å². The Labute approximate surface area is 75.1 Å². The average molecular weight is 181 g/mol. The molecule has 1 heterocycles. The van der Waals surface area contributed by atoms with E-state index in [1.54, 1.807) is 0 Å². The fourth-order valence-electron chi connectivity index (χ4n) is 0.814. The molecule has 0 amide bonds. The summed E-state index contributed by atoms with van der Waals surface area (Å²) >= 11 is 0. The first kappa shape index (κ1) is 9.69. The molecule has 0 bridgehead atoms. The second-order valence-electron chi connectivity index (χ2n) is 2.31. The number of hydrogen-bond donors (Lipinski definition) is 2. The highest BCUT2D eigenvalue weighted by Gasteiger charge is 2.15. The van der Waals surface area contributed by atoms with Gasteiger partial charge in [-0.3, -0.25) is 0 Å². The van der Waals surface area contributed by atoms with Crippen LogP contribution in [0.5, 0.6) is 0 Å². The van der Waals surface area contributed by atoms with E-state index in [4.69, 9.17) is 10.0 Å². The van der Waals surface area contributed by atoms with Crippen LogP contribution in [0.2, 0.25) is 0 Å². The van der Waals surface area contributed by atoms with Gasteiger partial charge < -0.3 is 14.8 Å². The maximum Gasteiger partial charge on any atom is 0.508 e. The Bertz CT molecular complexity index is 315. The summed E-state index contributed by atoms with van der Waals surface area (Å²) in [5, 5.41) is 17.5. The number of aromatic nitrogens is 1. The molecule has 0 aliphatic carbocycles. The van der Waals surface area contributed by atoms with Crippen LogP contribution in [0.25, 0.3) is 0 Å². The molecule has 2 N–H and O–H groups in total. The van der Waals surface area contributed by atoms with Crippen molar-refractivity contribution in [3.63, 3.8) is 0 Å². The van der Waals surface area contributed by atoms with Crippen molar-refractivity contribution in [3.8, 4) is 0 Å². The SMILES string of the molecule is COC(=O)c1cccc(B(O)O)n1. The molecule has 1 rings (SSSR count). The zero-order valence-electron chi connectivity index (χ0n) is 6.97. The monoisotopic (exact) mass is 181 g/mol. The van der Waals surface area contributed by atoms with Gasteiger partial charge in [0.15, 0.2) is 0 Å². The van der Waals surface area contributed by atoms with Crippen molar-refractivity contribution in [1.29, 1.82) is 0 Å². The summed E-state index contributed by atoms with van der Waals surface area (Å²) in [6.07, 6.45) is 0. The molecular weight excluding hydrogens is 173 g/mol. The van der Waals surface area contributed by atoms with E-state index in [1.165, 1.54) is 25.3 Å². The van der Waals surface area contributed by atoms with Gasteiger partial charge in [0, 0.05) is 0 Å². The molecule has 0 spiro atoms. The first-order valence-electron chi connectivity index (χ1n) is 3.56. The van der Waals surface area contributed by atoms with Crippen LogP contribution in [0.4, 0.5) is 0 Å². The number of rotatable bonds is 2. The van der Waals surface area contributed by atoms with E-state index in [9.17, 15) is 4.79 Å². The van der Waals surface area contributed by atoms with Crippen molar-refractivity contribution in [2.24, 2.45) is 0 Å². The van der Waals surface area contributed by atoms with Crippen molar-refractivity contribution in [2.75, 3.05) is 7.11 Å². The van der Waals surface area contributed by atoms with Gasteiger partial charge in [-0.25, -0.2) is 9.78 Å². The van der Waals surface area contributed by atoms with Crippen LogP contribution in [-0.4, -0.2) is 35.2 Å². The van der Waals surface area contributed by atoms with Gasteiger partial charge in [0.1, 0.15) is 5.69 Å². The zero-order chi connectivity index (χ0) is 9.84. The third kappa shape index (κ3) is 2.27. The lowest BCUT2D eigenvalue weighted by atomic mass is 9.85. The average Bonchev–Trinajstić information content (AvgIpc) is 2.17. The third-order valence-electron chi connectivity index (χ3n) is 1.43. The summed E-state index contributed by atoms with van der Waals surface area (Å²) in [5.74, 6) is -0.609. The molecule has 13 heavy (non-hydrogen) atoms. The molecule has 0 aromatic carbocycles. The van der Waals surface area contributed by atoms with Crippen LogP contribution < -0.4 is 5.59 Å². The lowest BCUT2D eigenvalue weighted by Gasteiger charge is -2.01. The van der Waals surface area contributed by atoms with Gasteiger partial charge in [0.05, 0.1) is 12.7 Å². The van der Waals surface area contributed by atoms with Crippen molar-refractivity contribution >= 4 is 18.7 Å². The quantitative estimate of drug-likeness (QED) is 0.430. The molecule has 0 radical (unpaired) electrons. The van der Waals surface area contributed by atoms with E-state index in [1.807, 2.05) is 0 Å². The van der Waals surface area contributed by atoms with E-state index in [0.29, 0.717) is 0 Å². The lowest BCUT2D eigenvalue weighted by molar-refractivity contribution is 0.0594. The second-order valence-corrected chi connectivity index (χ2v) is 2.31. The normalized spacial score (nSPS) is 9.46. The molecule has 68 valence electrons. The van der Waals surface area contributed by atoms with Gasteiger partial charge in [0.2, 0.25) is 0 Å².